The Kier molecular flexibility index (Phi) is 7.32. The van der Waals surface area contributed by atoms with Gasteiger partial charge in [-0.15, -0.1) is 0 Å². The van der Waals surface area contributed by atoms with Crippen LogP contribution in [0.1, 0.15) is 5.56 Å². The molecule has 26 heavy (non-hydrogen) atoms. The minimum absolute atomic E-state index is 0.0422. The predicted octanol–water partition coefficient (Wildman–Crippen LogP) is 2.29. The van der Waals surface area contributed by atoms with E-state index in [0.29, 0.717) is 28.4 Å². The molecule has 0 unspecified atom stereocenters. The molecule has 2 rings (SSSR count). The Morgan fingerprint density at radius 1 is 1.27 bits per heavy atom. The summed E-state index contributed by atoms with van der Waals surface area (Å²) in [5.41, 5.74) is 1.63. The zero-order valence-corrected chi connectivity index (χ0v) is 16.2. The molecule has 0 fully saturated rings. The van der Waals surface area contributed by atoms with Crippen LogP contribution >= 0.6 is 23.8 Å². The van der Waals surface area contributed by atoms with Crippen LogP contribution in [-0.2, 0) is 6.42 Å². The number of nitrogens with zero attached hydrogens (tertiary/aromatic N) is 1. The summed E-state index contributed by atoms with van der Waals surface area (Å²) in [5.74, 6) is 0. The lowest BCUT2D eigenvalue weighted by atomic mass is 10.1. The second-order valence-electron chi connectivity index (χ2n) is 6.22. The van der Waals surface area contributed by atoms with Crippen molar-refractivity contribution in [1.82, 2.24) is 5.32 Å². The molecule has 2 aromatic rings. The summed E-state index contributed by atoms with van der Waals surface area (Å²) >= 11 is 11.4. The van der Waals surface area contributed by atoms with Gasteiger partial charge in [-0.2, -0.15) is 0 Å². The van der Waals surface area contributed by atoms with E-state index in [0.717, 1.165) is 6.42 Å². The van der Waals surface area contributed by atoms with Crippen molar-refractivity contribution in [1.29, 1.82) is 0 Å². The second kappa shape index (κ2) is 9.47. The first-order valence-electron chi connectivity index (χ1n) is 8.19. The van der Waals surface area contributed by atoms with Gasteiger partial charge in [0.15, 0.2) is 5.11 Å². The highest BCUT2D eigenvalue weighted by atomic mass is 35.5. The molecule has 0 amide bonds. The second-order valence-corrected chi connectivity index (χ2v) is 7.04. The molecule has 8 heteroatoms. The Morgan fingerprint density at radius 3 is 2.58 bits per heavy atom. The van der Waals surface area contributed by atoms with Gasteiger partial charge in [-0.3, -0.25) is 10.1 Å². The molecule has 0 aliphatic rings. The van der Waals surface area contributed by atoms with E-state index in [9.17, 15) is 10.1 Å². The van der Waals surface area contributed by atoms with Crippen LogP contribution in [0.2, 0.25) is 5.02 Å². The molecule has 0 bridgehead atoms. The van der Waals surface area contributed by atoms with Crippen molar-refractivity contribution in [2.24, 2.45) is 0 Å². The molecule has 0 saturated carbocycles. The molecule has 138 valence electrons. The minimum Gasteiger partial charge on any atom is -0.356 e. The summed E-state index contributed by atoms with van der Waals surface area (Å²) in [6.07, 6.45) is 0.913. The van der Waals surface area contributed by atoms with E-state index in [1.807, 2.05) is 18.2 Å². The first-order valence-corrected chi connectivity index (χ1v) is 8.98. The summed E-state index contributed by atoms with van der Waals surface area (Å²) in [4.78, 5) is 11.7. The zero-order valence-electron chi connectivity index (χ0n) is 14.7. The van der Waals surface area contributed by atoms with Crippen LogP contribution < -0.4 is 15.5 Å². The summed E-state index contributed by atoms with van der Waals surface area (Å²) < 4.78 is 0. The van der Waals surface area contributed by atoms with Gasteiger partial charge in [-0.1, -0.05) is 41.9 Å². The number of benzene rings is 2. The number of non-ortho nitro benzene ring substituents is 1. The Hall–Kier alpha value is -2.22. The van der Waals surface area contributed by atoms with Gasteiger partial charge in [-0.25, -0.2) is 0 Å². The van der Waals surface area contributed by atoms with Crippen LogP contribution in [0.25, 0.3) is 0 Å². The number of thiocarbonyl (C=S) groups is 1. The van der Waals surface area contributed by atoms with E-state index >= 15 is 0 Å². The van der Waals surface area contributed by atoms with E-state index in [1.165, 1.54) is 28.7 Å². The van der Waals surface area contributed by atoms with Gasteiger partial charge in [0.2, 0.25) is 0 Å². The van der Waals surface area contributed by atoms with Gasteiger partial charge in [0.25, 0.3) is 5.69 Å². The molecule has 0 spiro atoms. The van der Waals surface area contributed by atoms with Crippen LogP contribution in [0.5, 0.6) is 0 Å². The fourth-order valence-electron chi connectivity index (χ4n) is 2.48. The molecule has 0 aliphatic heterocycles. The number of likely N-dealkylation sites (N-methyl/N-ethyl adjacent to an activating group) is 1. The van der Waals surface area contributed by atoms with Crippen molar-refractivity contribution in [3.05, 3.63) is 69.2 Å². The van der Waals surface area contributed by atoms with E-state index in [2.05, 4.69) is 36.9 Å². The zero-order chi connectivity index (χ0) is 19.1. The molecule has 0 saturated heterocycles. The lowest BCUT2D eigenvalue weighted by Crippen LogP contribution is -3.11. The van der Waals surface area contributed by atoms with E-state index in [1.54, 1.807) is 0 Å². The number of quaternary nitrogens is 1. The number of nitro groups is 1. The van der Waals surface area contributed by atoms with Crippen LogP contribution in [-0.4, -0.2) is 36.7 Å². The van der Waals surface area contributed by atoms with Crippen molar-refractivity contribution < 1.29 is 9.82 Å². The van der Waals surface area contributed by atoms with Crippen molar-refractivity contribution in [2.75, 3.05) is 26.0 Å². The van der Waals surface area contributed by atoms with Crippen molar-refractivity contribution >= 4 is 40.3 Å². The van der Waals surface area contributed by atoms with E-state index in [-0.39, 0.29) is 5.69 Å². The van der Waals surface area contributed by atoms with Crippen LogP contribution in [0.3, 0.4) is 0 Å². The third-order valence-electron chi connectivity index (χ3n) is 4.06. The highest BCUT2D eigenvalue weighted by molar-refractivity contribution is 7.80. The standard InChI is InChI=1S/C18H21ClN4O2S/c1-22(2)15(10-13-6-4-3-5-7-13)12-20-18(26)21-17-11-14(23(24)25)8-9-16(17)19/h3-9,11,15H,10,12H2,1-2H3,(H2,20,21,26)/p+1/t15-/m1/s1. The molecule has 0 heterocycles. The number of nitrogens with one attached hydrogen (secondary N) is 3. The van der Waals surface area contributed by atoms with Gasteiger partial charge < -0.3 is 15.5 Å². The summed E-state index contributed by atoms with van der Waals surface area (Å²) in [5, 5.41) is 17.8. The van der Waals surface area contributed by atoms with Gasteiger partial charge in [-0.05, 0) is 23.8 Å². The Morgan fingerprint density at radius 2 is 1.96 bits per heavy atom. The molecular weight excluding hydrogens is 372 g/mol. The largest absolute Gasteiger partial charge is 0.356 e. The Balaban J connectivity index is 1.96. The maximum absolute atomic E-state index is 10.9. The van der Waals surface area contributed by atoms with E-state index in [4.69, 9.17) is 23.8 Å². The molecule has 0 aromatic heterocycles. The SMILES string of the molecule is C[NH+](C)[C@@H](CNC(=S)Nc1cc([N+](=O)[O-])ccc1Cl)Cc1ccccc1. The Bertz CT molecular complexity index is 771. The van der Waals surface area contributed by atoms with Crippen LogP contribution in [0.15, 0.2) is 48.5 Å². The number of anilines is 1. The number of hydrogen-bond acceptors (Lipinski definition) is 3. The van der Waals surface area contributed by atoms with Crippen molar-refractivity contribution in [3.8, 4) is 0 Å². The van der Waals surface area contributed by atoms with Gasteiger partial charge in [0, 0.05) is 18.6 Å². The smallest absolute Gasteiger partial charge is 0.271 e. The third kappa shape index (κ3) is 5.94. The van der Waals surface area contributed by atoms with Gasteiger partial charge in [0.1, 0.15) is 6.04 Å². The van der Waals surface area contributed by atoms with Gasteiger partial charge in [0.05, 0.1) is 36.3 Å². The number of nitro benzene ring substituents is 1. The average molecular weight is 394 g/mol. The lowest BCUT2D eigenvalue weighted by Gasteiger charge is -2.23. The topological polar surface area (TPSA) is 71.6 Å². The summed E-state index contributed by atoms with van der Waals surface area (Å²) in [7, 11) is 4.20. The van der Waals surface area contributed by atoms with Crippen molar-refractivity contribution in [3.63, 3.8) is 0 Å². The van der Waals surface area contributed by atoms with Crippen LogP contribution in [0.4, 0.5) is 11.4 Å². The molecule has 2 aromatic carbocycles. The molecular formula is C18H22ClN4O2S+. The number of halogens is 1. The fourth-order valence-corrected chi connectivity index (χ4v) is 2.84. The molecule has 1 atom stereocenters. The first kappa shape index (κ1) is 20.1. The molecule has 6 nitrogen and oxygen atoms in total. The maximum Gasteiger partial charge on any atom is 0.271 e. The van der Waals surface area contributed by atoms with Crippen molar-refractivity contribution in [2.45, 2.75) is 12.5 Å². The van der Waals surface area contributed by atoms with Gasteiger partial charge >= 0.3 is 0 Å². The number of hydrogen-bond donors (Lipinski definition) is 3. The highest BCUT2D eigenvalue weighted by Crippen LogP contribution is 2.26. The maximum atomic E-state index is 10.9. The predicted molar refractivity (Wildman–Crippen MR) is 109 cm³/mol. The molecule has 0 aliphatic carbocycles. The molecule has 3 N–H and O–H groups in total. The monoisotopic (exact) mass is 393 g/mol. The average Bonchev–Trinajstić information content (AvgIpc) is 2.61. The number of rotatable bonds is 7. The first-order chi connectivity index (χ1) is 12.4. The normalized spacial score (nSPS) is 11.8. The third-order valence-corrected chi connectivity index (χ3v) is 4.64. The fraction of sp³-hybridized carbons (Fsp3) is 0.278. The summed E-state index contributed by atoms with van der Waals surface area (Å²) in [6, 6.07) is 14.8. The molecule has 0 radical (unpaired) electrons. The highest BCUT2D eigenvalue weighted by Gasteiger charge is 2.17. The quantitative estimate of drug-likeness (QED) is 0.382. The summed E-state index contributed by atoms with van der Waals surface area (Å²) in [6.45, 7) is 0.662. The van der Waals surface area contributed by atoms with Crippen LogP contribution in [0, 0.1) is 10.1 Å². The lowest BCUT2D eigenvalue weighted by molar-refractivity contribution is -0.884. The Labute approximate surface area is 163 Å². The van der Waals surface area contributed by atoms with E-state index < -0.39 is 4.92 Å². The minimum atomic E-state index is -0.469.